The van der Waals surface area contributed by atoms with Crippen LogP contribution < -0.4 is 5.26 Å². The minimum atomic E-state index is -1.17. The molecule has 4 heteroatoms. The fourth-order valence-electron chi connectivity index (χ4n) is 0. The molecule has 0 rings (SSSR count). The van der Waals surface area contributed by atoms with Crippen LogP contribution in [0, 0.1) is 0 Å². The van der Waals surface area contributed by atoms with Crippen LogP contribution in [0.4, 0.5) is 0 Å². The lowest BCUT2D eigenvalue weighted by Gasteiger charge is -1.88. The highest BCUT2D eigenvalue weighted by molar-refractivity contribution is 6.06. The molecule has 0 aromatic rings. The zero-order valence-electron chi connectivity index (χ0n) is 1.72. The molecule has 0 aromatic heterocycles. The first-order chi connectivity index (χ1) is 1.91. The summed E-state index contributed by atoms with van der Waals surface area (Å²) >= 11 is 0. The maximum absolute atomic E-state index is 8.79. The fraction of sp³-hybridized carbons (Fsp3) is 0. The van der Waals surface area contributed by atoms with E-state index < -0.39 is 9.65 Å². The normalized spacial score (nSPS) is 5.25. The van der Waals surface area contributed by atoms with Gasteiger partial charge in [-0.3, -0.25) is 0 Å². The van der Waals surface area contributed by atoms with Gasteiger partial charge in [-0.1, -0.05) is 0 Å². The van der Waals surface area contributed by atoms with E-state index in [-0.39, 0.29) is 0 Å². The summed E-state index contributed by atoms with van der Waals surface area (Å²) in [5.74, 6) is 0. The van der Waals surface area contributed by atoms with Crippen LogP contribution in [-0.2, 0) is 9.04 Å². The summed E-state index contributed by atoms with van der Waals surface area (Å²) in [5.41, 5.74) is 0. The molecule has 0 aliphatic rings. The predicted octanol–water partition coefficient (Wildman–Crippen LogP) is -1.76. The van der Waals surface area contributed by atoms with E-state index in [1.54, 1.807) is 0 Å². The van der Waals surface area contributed by atoms with Crippen LogP contribution in [0.3, 0.4) is 0 Å². The summed E-state index contributed by atoms with van der Waals surface area (Å²) in [4.78, 5) is 0. The van der Waals surface area contributed by atoms with E-state index in [0.717, 1.165) is 0 Å². The van der Waals surface area contributed by atoms with Crippen molar-refractivity contribution in [3.63, 3.8) is 0 Å². The maximum Gasteiger partial charge on any atom is 0.587 e. The van der Waals surface area contributed by atoms with E-state index in [0.29, 0.717) is 0 Å². The lowest BCUT2D eigenvalue weighted by Crippen LogP contribution is -2.01. The molecule has 0 spiro atoms. The Bertz CT molecular complexity index is 17.2. The minimum Gasteiger partial charge on any atom is -0.679 e. The van der Waals surface area contributed by atoms with Gasteiger partial charge in [0.2, 0.25) is 0 Å². The molecule has 0 aromatic carbocycles. The molecule has 3 nitrogen and oxygen atoms in total. The van der Waals surface area contributed by atoms with Crippen molar-refractivity contribution in [2.45, 2.75) is 0 Å². The largest absolute Gasteiger partial charge is 0.679 e. The van der Waals surface area contributed by atoms with E-state index in [1.165, 1.54) is 0 Å². The topological polar surface area (TPSA) is 49.4 Å². The molecule has 0 saturated heterocycles. The van der Waals surface area contributed by atoms with Gasteiger partial charge in [0.25, 0.3) is 0 Å². The van der Waals surface area contributed by atoms with Gasteiger partial charge in [-0.2, -0.15) is 0 Å². The van der Waals surface area contributed by atoms with Crippen LogP contribution in [0.25, 0.3) is 0 Å². The molecule has 1 radical (unpaired) electrons. The SMILES string of the molecule is O=[Si]O[O-]. The summed E-state index contributed by atoms with van der Waals surface area (Å²) in [6, 6.07) is 0. The molecule has 0 fully saturated rings. The molecule has 23 valence electrons. The van der Waals surface area contributed by atoms with Crippen molar-refractivity contribution in [2.24, 2.45) is 0 Å². The summed E-state index contributed by atoms with van der Waals surface area (Å²) in [6.45, 7) is 0. The van der Waals surface area contributed by atoms with Crippen LogP contribution in [0.2, 0.25) is 0 Å². The van der Waals surface area contributed by atoms with Crippen molar-refractivity contribution in [3.8, 4) is 0 Å². The Morgan fingerprint density at radius 1 is 2.00 bits per heavy atom. The molecule has 0 unspecified atom stereocenters. The smallest absolute Gasteiger partial charge is 0.587 e. The molecule has 0 atom stereocenters. The summed E-state index contributed by atoms with van der Waals surface area (Å²) < 4.78 is 11.6. The summed E-state index contributed by atoms with van der Waals surface area (Å²) in [7, 11) is -1.17. The number of rotatable bonds is 1. The van der Waals surface area contributed by atoms with E-state index in [1.807, 2.05) is 0 Å². The first kappa shape index (κ1) is 3.78. The predicted molar refractivity (Wildman–Crippen MR) is 7.53 cm³/mol. The third-order valence-electron chi connectivity index (χ3n) is 0.0340. The van der Waals surface area contributed by atoms with Crippen LogP contribution in [0.5, 0.6) is 0 Å². The third-order valence-corrected chi connectivity index (χ3v) is 0.102. The molecular weight excluding hydrogens is 76.1 g/mol. The monoisotopic (exact) mass is 76.0 g/mol. The van der Waals surface area contributed by atoms with Crippen LogP contribution in [0.1, 0.15) is 0 Å². The van der Waals surface area contributed by atoms with Crippen LogP contribution >= 0.6 is 0 Å². The van der Waals surface area contributed by atoms with Gasteiger partial charge in [0.1, 0.15) is 0 Å². The number of hydrogen-bond donors (Lipinski definition) is 0. The molecule has 4 heavy (non-hydrogen) atoms. The summed E-state index contributed by atoms with van der Waals surface area (Å²) in [5, 5.41) is 8.50. The Balaban J connectivity index is 2.30. The van der Waals surface area contributed by atoms with E-state index in [2.05, 4.69) is 4.58 Å². The van der Waals surface area contributed by atoms with Gasteiger partial charge in [0.15, 0.2) is 0 Å². The van der Waals surface area contributed by atoms with Gasteiger partial charge in [0, 0.05) is 0 Å². The minimum absolute atomic E-state index is 1.17. The van der Waals surface area contributed by atoms with E-state index in [4.69, 9.17) is 9.72 Å². The van der Waals surface area contributed by atoms with Crippen LogP contribution in [0.15, 0.2) is 0 Å². The Hall–Kier alpha value is -0.223. The van der Waals surface area contributed by atoms with Gasteiger partial charge in [-0.05, 0) is 0 Å². The molecule has 0 amide bonds. The highest BCUT2D eigenvalue weighted by atomic mass is 28.2. The lowest BCUT2D eigenvalue weighted by molar-refractivity contribution is -0.641. The second-order valence-corrected chi connectivity index (χ2v) is 0.500. The average Bonchev–Trinajstić information content (AvgIpc) is 1.37. The Kier molecular flexibility index (Phi) is 2.62. The average molecular weight is 76.1 g/mol. The van der Waals surface area contributed by atoms with Gasteiger partial charge in [-0.15, -0.1) is 0 Å². The van der Waals surface area contributed by atoms with Crippen LogP contribution in [-0.4, -0.2) is 9.65 Å². The van der Waals surface area contributed by atoms with Crippen molar-refractivity contribution in [2.75, 3.05) is 0 Å². The first-order valence-corrected chi connectivity index (χ1v) is 1.39. The Labute approximate surface area is 25.1 Å². The van der Waals surface area contributed by atoms with Gasteiger partial charge in [-0.25, -0.2) is 0 Å². The molecule has 0 bridgehead atoms. The zero-order valence-corrected chi connectivity index (χ0v) is 2.72. The van der Waals surface area contributed by atoms with Crippen molar-refractivity contribution in [3.05, 3.63) is 0 Å². The first-order valence-electron chi connectivity index (χ1n) is 0.575. The van der Waals surface area contributed by atoms with Crippen molar-refractivity contribution in [1.82, 2.24) is 0 Å². The molecule has 0 N–H and O–H groups in total. The highest BCUT2D eigenvalue weighted by Gasteiger charge is 1.49. The molecular formula is O3Si-. The highest BCUT2D eigenvalue weighted by Crippen LogP contribution is 1.19. The van der Waals surface area contributed by atoms with E-state index in [9.17, 15) is 0 Å². The van der Waals surface area contributed by atoms with E-state index >= 15 is 0 Å². The van der Waals surface area contributed by atoms with Crippen molar-refractivity contribution < 1.29 is 14.3 Å². The second-order valence-electron chi connectivity index (χ2n) is 0.167. The second kappa shape index (κ2) is 2.78. The van der Waals surface area contributed by atoms with Crippen molar-refractivity contribution in [1.29, 1.82) is 0 Å². The molecule has 0 aliphatic heterocycles. The lowest BCUT2D eigenvalue weighted by atomic mass is 15.0. The van der Waals surface area contributed by atoms with Gasteiger partial charge < -0.3 is 14.3 Å². The molecule has 0 saturated carbocycles. The third kappa shape index (κ3) is 1.78. The fourth-order valence-corrected chi connectivity index (χ4v) is 0. The molecule has 0 heterocycles. The Morgan fingerprint density at radius 2 is 2.25 bits per heavy atom. The van der Waals surface area contributed by atoms with Gasteiger partial charge >= 0.3 is 9.65 Å². The zero-order chi connectivity index (χ0) is 3.41. The van der Waals surface area contributed by atoms with Crippen molar-refractivity contribution >= 4 is 9.65 Å². The Morgan fingerprint density at radius 3 is 2.25 bits per heavy atom. The summed E-state index contributed by atoms with van der Waals surface area (Å²) in [6.07, 6.45) is 0. The van der Waals surface area contributed by atoms with Gasteiger partial charge in [0.05, 0.1) is 0 Å². The molecule has 0 aliphatic carbocycles. The standard InChI is InChI=1S/HO3Si/c1-3-4-2/h1H/p-1. The quantitative estimate of drug-likeness (QED) is 0.211. The number of hydrogen-bond acceptors (Lipinski definition) is 3. The maximum atomic E-state index is 8.79.